The number of carbonyl (C=O) groups is 3. The molecule has 1 aliphatic heterocycles. The highest BCUT2D eigenvalue weighted by molar-refractivity contribution is 6.10. The molecule has 1 unspecified atom stereocenters. The van der Waals surface area contributed by atoms with Crippen LogP contribution in [-0.2, 0) is 19.1 Å². The highest BCUT2D eigenvalue weighted by Gasteiger charge is 2.67. The number of carbonyl (C=O) groups excluding carboxylic acids is 3. The molecule has 2 rings (SSSR count). The van der Waals surface area contributed by atoms with E-state index in [-0.39, 0.29) is 5.91 Å². The molecule has 7 nitrogen and oxygen atoms in total. The fourth-order valence-corrected chi connectivity index (χ4v) is 1.90. The maximum atomic E-state index is 11.3. The Labute approximate surface area is 108 Å². The number of ether oxygens (including phenoxy) is 1. The molecular formula is C12H13N3O4. The topological polar surface area (TPSA) is 128 Å². The lowest BCUT2D eigenvalue weighted by Gasteiger charge is -2.05. The van der Waals surface area contributed by atoms with Crippen molar-refractivity contribution in [3.63, 3.8) is 0 Å². The number of epoxide rings is 1. The maximum absolute atomic E-state index is 11.3. The minimum Gasteiger partial charge on any atom is -0.367 e. The van der Waals surface area contributed by atoms with E-state index < -0.39 is 23.5 Å². The minimum atomic E-state index is -1.75. The molecule has 1 aliphatic rings. The fourth-order valence-electron chi connectivity index (χ4n) is 1.90. The number of rotatable bonds is 4. The predicted octanol–water partition coefficient (Wildman–Crippen LogP) is -0.574. The number of amides is 3. The van der Waals surface area contributed by atoms with E-state index in [2.05, 4.69) is 5.32 Å². The quantitative estimate of drug-likeness (QED) is 0.496. The Hall–Kier alpha value is -2.41. The summed E-state index contributed by atoms with van der Waals surface area (Å²) < 4.78 is 5.10. The van der Waals surface area contributed by atoms with E-state index in [1.807, 2.05) is 0 Å². The summed E-state index contributed by atoms with van der Waals surface area (Å²) in [6, 6.07) is 6.52. The third-order valence-corrected chi connectivity index (χ3v) is 2.88. The molecule has 0 aliphatic carbocycles. The van der Waals surface area contributed by atoms with Crippen LogP contribution in [0.3, 0.4) is 0 Å². The largest absolute Gasteiger partial charge is 0.367 e. The van der Waals surface area contributed by atoms with Crippen molar-refractivity contribution in [3.05, 3.63) is 29.8 Å². The lowest BCUT2D eigenvalue weighted by atomic mass is 9.98. The van der Waals surface area contributed by atoms with Gasteiger partial charge in [0.1, 0.15) is 6.10 Å². The van der Waals surface area contributed by atoms with Crippen molar-refractivity contribution in [2.24, 2.45) is 11.5 Å². The number of nitrogens with one attached hydrogen (secondary N) is 1. The molecule has 0 aromatic heterocycles. The van der Waals surface area contributed by atoms with Gasteiger partial charge in [-0.15, -0.1) is 0 Å². The summed E-state index contributed by atoms with van der Waals surface area (Å²) in [5, 5.41) is 2.59. The molecular weight excluding hydrogens is 250 g/mol. The van der Waals surface area contributed by atoms with Gasteiger partial charge in [0, 0.05) is 12.6 Å². The Balaban J connectivity index is 2.19. The molecule has 0 radical (unpaired) electrons. The van der Waals surface area contributed by atoms with Crippen LogP contribution in [0, 0.1) is 0 Å². The zero-order valence-corrected chi connectivity index (χ0v) is 10.2. The molecule has 1 aromatic carbocycles. The summed E-state index contributed by atoms with van der Waals surface area (Å²) in [5.74, 6) is -2.01. The van der Waals surface area contributed by atoms with Crippen LogP contribution in [0.1, 0.15) is 18.6 Å². The van der Waals surface area contributed by atoms with Gasteiger partial charge >= 0.3 is 0 Å². The van der Waals surface area contributed by atoms with Crippen LogP contribution in [0.2, 0.25) is 0 Å². The highest BCUT2D eigenvalue weighted by atomic mass is 16.6. The van der Waals surface area contributed by atoms with Crippen molar-refractivity contribution in [3.8, 4) is 0 Å². The Morgan fingerprint density at radius 3 is 2.05 bits per heavy atom. The average Bonchev–Trinajstić information content (AvgIpc) is 3.05. The molecule has 1 atom stereocenters. The van der Waals surface area contributed by atoms with Gasteiger partial charge in [0.05, 0.1) is 0 Å². The number of hydrogen-bond acceptors (Lipinski definition) is 4. The monoisotopic (exact) mass is 263 g/mol. The Morgan fingerprint density at radius 2 is 1.68 bits per heavy atom. The van der Waals surface area contributed by atoms with E-state index in [4.69, 9.17) is 16.2 Å². The number of benzene rings is 1. The van der Waals surface area contributed by atoms with Gasteiger partial charge < -0.3 is 21.5 Å². The fraction of sp³-hybridized carbons (Fsp3) is 0.250. The average molecular weight is 263 g/mol. The molecule has 1 fully saturated rings. The van der Waals surface area contributed by atoms with Crippen molar-refractivity contribution >= 4 is 23.4 Å². The summed E-state index contributed by atoms with van der Waals surface area (Å²) in [7, 11) is 0. The molecule has 0 bridgehead atoms. The van der Waals surface area contributed by atoms with Crippen LogP contribution in [0.5, 0.6) is 0 Å². The second kappa shape index (κ2) is 4.36. The SMILES string of the molecule is CC(=O)Nc1ccc(C2OC2(C(N)=O)C(N)=O)cc1. The Bertz CT molecular complexity index is 539. The molecule has 7 heteroatoms. The molecule has 1 aromatic rings. The van der Waals surface area contributed by atoms with Crippen LogP contribution < -0.4 is 16.8 Å². The van der Waals surface area contributed by atoms with Crippen molar-refractivity contribution < 1.29 is 19.1 Å². The van der Waals surface area contributed by atoms with Crippen LogP contribution >= 0.6 is 0 Å². The van der Waals surface area contributed by atoms with Gasteiger partial charge in [-0.3, -0.25) is 14.4 Å². The molecule has 100 valence electrons. The highest BCUT2D eigenvalue weighted by Crippen LogP contribution is 2.49. The van der Waals surface area contributed by atoms with E-state index >= 15 is 0 Å². The third-order valence-electron chi connectivity index (χ3n) is 2.88. The molecule has 19 heavy (non-hydrogen) atoms. The van der Waals surface area contributed by atoms with Gasteiger partial charge in [-0.25, -0.2) is 0 Å². The van der Waals surface area contributed by atoms with Crippen molar-refractivity contribution in [1.82, 2.24) is 0 Å². The van der Waals surface area contributed by atoms with E-state index in [0.717, 1.165) is 0 Å². The third kappa shape index (κ3) is 2.15. The standard InChI is InChI=1S/C12H13N3O4/c1-6(16)15-8-4-2-7(3-5-8)9-12(19-9,10(13)17)11(14)18/h2-5,9H,1H3,(H2,13,17)(H2,14,18)(H,15,16). The van der Waals surface area contributed by atoms with Gasteiger partial charge in [-0.1, -0.05) is 12.1 Å². The summed E-state index contributed by atoms with van der Waals surface area (Å²) in [4.78, 5) is 33.4. The van der Waals surface area contributed by atoms with Gasteiger partial charge in [-0.2, -0.15) is 0 Å². The maximum Gasteiger partial charge on any atom is 0.262 e. The lowest BCUT2D eigenvalue weighted by Crippen LogP contribution is -2.44. The summed E-state index contributed by atoms with van der Waals surface area (Å²) >= 11 is 0. The van der Waals surface area contributed by atoms with Gasteiger partial charge in [0.2, 0.25) is 5.91 Å². The molecule has 1 saturated heterocycles. The van der Waals surface area contributed by atoms with Gasteiger partial charge in [0.15, 0.2) is 0 Å². The second-order valence-corrected chi connectivity index (χ2v) is 4.27. The molecule has 3 amide bonds. The smallest absolute Gasteiger partial charge is 0.262 e. The van der Waals surface area contributed by atoms with Crippen LogP contribution in [0.4, 0.5) is 5.69 Å². The molecule has 0 saturated carbocycles. The zero-order valence-electron chi connectivity index (χ0n) is 10.2. The van der Waals surface area contributed by atoms with Crippen LogP contribution in [0.15, 0.2) is 24.3 Å². The molecule has 1 heterocycles. The Kier molecular flexibility index (Phi) is 2.99. The predicted molar refractivity (Wildman–Crippen MR) is 65.7 cm³/mol. The van der Waals surface area contributed by atoms with Crippen LogP contribution in [-0.4, -0.2) is 23.3 Å². The number of nitrogens with two attached hydrogens (primary N) is 2. The van der Waals surface area contributed by atoms with E-state index in [0.29, 0.717) is 11.3 Å². The first-order chi connectivity index (χ1) is 8.87. The molecule has 0 spiro atoms. The lowest BCUT2D eigenvalue weighted by molar-refractivity contribution is -0.133. The zero-order chi connectivity index (χ0) is 14.2. The molecule has 5 N–H and O–H groups in total. The van der Waals surface area contributed by atoms with Gasteiger partial charge in [-0.05, 0) is 17.7 Å². The van der Waals surface area contributed by atoms with Gasteiger partial charge in [0.25, 0.3) is 17.4 Å². The summed E-state index contributed by atoms with van der Waals surface area (Å²) in [6.45, 7) is 1.39. The van der Waals surface area contributed by atoms with E-state index in [1.165, 1.54) is 6.92 Å². The number of hydrogen-bond donors (Lipinski definition) is 3. The number of primary amides is 2. The first kappa shape index (κ1) is 13.0. The van der Waals surface area contributed by atoms with E-state index in [9.17, 15) is 14.4 Å². The van der Waals surface area contributed by atoms with Crippen molar-refractivity contribution in [2.45, 2.75) is 18.6 Å². The first-order valence-corrected chi connectivity index (χ1v) is 5.53. The van der Waals surface area contributed by atoms with Crippen molar-refractivity contribution in [1.29, 1.82) is 0 Å². The second-order valence-electron chi connectivity index (χ2n) is 4.27. The van der Waals surface area contributed by atoms with E-state index in [1.54, 1.807) is 24.3 Å². The number of anilines is 1. The van der Waals surface area contributed by atoms with Crippen LogP contribution in [0.25, 0.3) is 0 Å². The first-order valence-electron chi connectivity index (χ1n) is 5.53. The van der Waals surface area contributed by atoms with Crippen molar-refractivity contribution in [2.75, 3.05) is 5.32 Å². The summed E-state index contributed by atoms with van der Waals surface area (Å²) in [5.41, 5.74) is 9.70. The minimum absolute atomic E-state index is 0.195. The normalized spacial score (nSPS) is 19.5. The Morgan fingerprint density at radius 1 is 1.16 bits per heavy atom. The summed E-state index contributed by atoms with van der Waals surface area (Å²) in [6.07, 6.45) is -0.770.